The Morgan fingerprint density at radius 1 is 0.686 bits per heavy atom. The van der Waals surface area contributed by atoms with Gasteiger partial charge in [-0.15, -0.1) is 10.2 Å². The molecule has 184 valence electrons. The van der Waals surface area contributed by atoms with Gasteiger partial charge in [0.15, 0.2) is 11.6 Å². The standard InChI is InChI=1S/C26H26F4N4O/c1-5-15(3)23-17(27)7-9-19(25(23)29)33-13-11-21(31-33)35-22-12-14-34(32-22)20-10-8-18(28)24(26(20)30)16(4)6-2/h7-16H,5-6H2,1-4H3. The summed E-state index contributed by atoms with van der Waals surface area (Å²) in [6, 6.07) is 8.07. The van der Waals surface area contributed by atoms with E-state index in [1.54, 1.807) is 13.8 Å². The minimum Gasteiger partial charge on any atom is -0.417 e. The lowest BCUT2D eigenvalue weighted by Gasteiger charge is -2.14. The Kier molecular flexibility index (Phi) is 6.95. The molecule has 0 saturated carbocycles. The third-order valence-electron chi connectivity index (χ3n) is 6.25. The lowest BCUT2D eigenvalue weighted by Crippen LogP contribution is -2.07. The first-order valence-electron chi connectivity index (χ1n) is 11.5. The van der Waals surface area contributed by atoms with E-state index in [-0.39, 0.29) is 46.1 Å². The topological polar surface area (TPSA) is 44.9 Å². The van der Waals surface area contributed by atoms with E-state index in [1.165, 1.54) is 58.2 Å². The minimum atomic E-state index is -0.679. The van der Waals surface area contributed by atoms with Gasteiger partial charge in [0.1, 0.15) is 23.0 Å². The van der Waals surface area contributed by atoms with E-state index >= 15 is 8.78 Å². The molecule has 9 heteroatoms. The Morgan fingerprint density at radius 2 is 1.09 bits per heavy atom. The zero-order valence-electron chi connectivity index (χ0n) is 19.9. The van der Waals surface area contributed by atoms with Crippen LogP contribution in [0.2, 0.25) is 0 Å². The van der Waals surface area contributed by atoms with Gasteiger partial charge in [0.25, 0.3) is 0 Å². The van der Waals surface area contributed by atoms with E-state index in [1.807, 2.05) is 13.8 Å². The molecule has 35 heavy (non-hydrogen) atoms. The maximum Gasteiger partial charge on any atom is 0.240 e. The molecule has 0 aliphatic heterocycles. The van der Waals surface area contributed by atoms with Crippen molar-refractivity contribution in [3.8, 4) is 23.1 Å². The summed E-state index contributed by atoms with van der Waals surface area (Å²) in [6.07, 6.45) is 4.14. The number of nitrogens with zero attached hydrogens (tertiary/aromatic N) is 4. The monoisotopic (exact) mass is 486 g/mol. The molecule has 4 aromatic rings. The van der Waals surface area contributed by atoms with E-state index in [2.05, 4.69) is 10.2 Å². The highest BCUT2D eigenvalue weighted by atomic mass is 19.1. The molecular weight excluding hydrogens is 460 g/mol. The molecule has 0 spiro atoms. The predicted octanol–water partition coefficient (Wildman–Crippen LogP) is 7.43. The van der Waals surface area contributed by atoms with Gasteiger partial charge in [0.05, 0.1) is 0 Å². The van der Waals surface area contributed by atoms with Gasteiger partial charge >= 0.3 is 0 Å². The number of hydrogen-bond acceptors (Lipinski definition) is 3. The predicted molar refractivity (Wildman–Crippen MR) is 124 cm³/mol. The van der Waals surface area contributed by atoms with Gasteiger partial charge in [-0.3, -0.25) is 0 Å². The van der Waals surface area contributed by atoms with Crippen LogP contribution in [0, 0.1) is 23.3 Å². The molecule has 4 rings (SSSR count). The number of benzene rings is 2. The van der Waals surface area contributed by atoms with E-state index in [4.69, 9.17) is 4.74 Å². The Morgan fingerprint density at radius 3 is 1.46 bits per heavy atom. The molecule has 2 atom stereocenters. The van der Waals surface area contributed by atoms with Gasteiger partial charge in [-0.05, 0) is 48.9 Å². The van der Waals surface area contributed by atoms with Crippen molar-refractivity contribution < 1.29 is 22.3 Å². The van der Waals surface area contributed by atoms with Crippen molar-refractivity contribution in [3.05, 3.63) is 83.2 Å². The summed E-state index contributed by atoms with van der Waals surface area (Å²) in [5, 5.41) is 8.42. The number of aromatic nitrogens is 4. The minimum absolute atomic E-state index is 0.0137. The lowest BCUT2D eigenvalue weighted by molar-refractivity contribution is 0.433. The molecule has 0 fully saturated rings. The molecule has 2 heterocycles. The van der Waals surface area contributed by atoms with Gasteiger partial charge in [-0.1, -0.05) is 27.7 Å². The fraction of sp³-hybridized carbons (Fsp3) is 0.308. The number of hydrogen-bond donors (Lipinski definition) is 0. The van der Waals surface area contributed by atoms with Gasteiger partial charge in [-0.25, -0.2) is 26.9 Å². The van der Waals surface area contributed by atoms with Gasteiger partial charge in [-0.2, -0.15) is 0 Å². The van der Waals surface area contributed by atoms with Crippen LogP contribution in [0.3, 0.4) is 0 Å². The molecule has 2 unspecified atom stereocenters. The van der Waals surface area contributed by atoms with Crippen LogP contribution in [0.1, 0.15) is 63.5 Å². The molecule has 0 radical (unpaired) electrons. The molecule has 0 amide bonds. The van der Waals surface area contributed by atoms with E-state index in [9.17, 15) is 8.78 Å². The number of halogens is 4. The molecule has 0 saturated heterocycles. The maximum absolute atomic E-state index is 15.0. The van der Waals surface area contributed by atoms with Gasteiger partial charge in [0, 0.05) is 35.7 Å². The SMILES string of the molecule is CCC(C)c1c(F)ccc(-n2ccc(Oc3ccn(-c4ccc(F)c(C(C)CC)c4F)n3)n2)c1F. The van der Waals surface area contributed by atoms with Crippen molar-refractivity contribution in [1.29, 1.82) is 0 Å². The number of ether oxygens (including phenoxy) is 1. The van der Waals surface area contributed by atoms with E-state index in [0.717, 1.165) is 0 Å². The highest BCUT2D eigenvalue weighted by Gasteiger charge is 2.21. The molecule has 0 aliphatic rings. The van der Waals surface area contributed by atoms with Crippen molar-refractivity contribution in [2.75, 3.05) is 0 Å². The second-order valence-electron chi connectivity index (χ2n) is 8.51. The van der Waals surface area contributed by atoms with Crippen LogP contribution in [0.25, 0.3) is 11.4 Å². The fourth-order valence-electron chi connectivity index (χ4n) is 3.88. The van der Waals surface area contributed by atoms with Crippen LogP contribution in [0.4, 0.5) is 17.6 Å². The molecular formula is C26H26F4N4O. The average molecular weight is 487 g/mol. The highest BCUT2D eigenvalue weighted by molar-refractivity contribution is 5.42. The summed E-state index contributed by atoms with van der Waals surface area (Å²) < 4.78 is 66.7. The molecule has 5 nitrogen and oxygen atoms in total. The second kappa shape index (κ2) is 9.93. The fourth-order valence-corrected chi connectivity index (χ4v) is 3.88. The van der Waals surface area contributed by atoms with Crippen molar-refractivity contribution >= 4 is 0 Å². The van der Waals surface area contributed by atoms with Crippen LogP contribution in [0.5, 0.6) is 11.8 Å². The Balaban J connectivity index is 1.59. The third kappa shape index (κ3) is 4.67. The Hall–Kier alpha value is -3.62. The molecule has 2 aromatic carbocycles. The lowest BCUT2D eigenvalue weighted by atomic mass is 9.97. The first-order chi connectivity index (χ1) is 16.7. The normalized spacial score (nSPS) is 13.1. The van der Waals surface area contributed by atoms with Crippen molar-refractivity contribution in [2.24, 2.45) is 0 Å². The summed E-state index contributed by atoms with van der Waals surface area (Å²) in [4.78, 5) is 0. The van der Waals surface area contributed by atoms with Gasteiger partial charge < -0.3 is 4.74 Å². The molecule has 0 N–H and O–H groups in total. The number of rotatable bonds is 8. The zero-order valence-corrected chi connectivity index (χ0v) is 19.9. The summed E-state index contributed by atoms with van der Waals surface area (Å²) >= 11 is 0. The summed E-state index contributed by atoms with van der Waals surface area (Å²) in [5.74, 6) is -2.91. The Bertz CT molecular complexity index is 1250. The highest BCUT2D eigenvalue weighted by Crippen LogP contribution is 2.31. The summed E-state index contributed by atoms with van der Waals surface area (Å²) in [5.41, 5.74) is 0.209. The Labute approximate surface area is 201 Å². The van der Waals surface area contributed by atoms with Crippen LogP contribution in [0.15, 0.2) is 48.8 Å². The second-order valence-corrected chi connectivity index (χ2v) is 8.51. The van der Waals surface area contributed by atoms with Crippen molar-refractivity contribution in [1.82, 2.24) is 19.6 Å². The van der Waals surface area contributed by atoms with Crippen LogP contribution in [-0.4, -0.2) is 19.6 Å². The smallest absolute Gasteiger partial charge is 0.240 e. The molecule has 2 aromatic heterocycles. The third-order valence-corrected chi connectivity index (χ3v) is 6.25. The van der Waals surface area contributed by atoms with E-state index < -0.39 is 23.3 Å². The average Bonchev–Trinajstić information content (AvgIpc) is 3.49. The van der Waals surface area contributed by atoms with Crippen LogP contribution >= 0.6 is 0 Å². The summed E-state index contributed by atoms with van der Waals surface area (Å²) in [7, 11) is 0. The van der Waals surface area contributed by atoms with Gasteiger partial charge in [0.2, 0.25) is 11.8 Å². The van der Waals surface area contributed by atoms with Crippen LogP contribution < -0.4 is 4.74 Å². The quantitative estimate of drug-likeness (QED) is 0.243. The summed E-state index contributed by atoms with van der Waals surface area (Å²) in [6.45, 7) is 7.24. The largest absolute Gasteiger partial charge is 0.417 e. The van der Waals surface area contributed by atoms with E-state index in [0.29, 0.717) is 12.8 Å². The molecule has 0 aliphatic carbocycles. The van der Waals surface area contributed by atoms with Crippen molar-refractivity contribution in [2.45, 2.75) is 52.4 Å². The van der Waals surface area contributed by atoms with Crippen LogP contribution in [-0.2, 0) is 0 Å². The molecule has 0 bridgehead atoms. The van der Waals surface area contributed by atoms with Crippen molar-refractivity contribution in [3.63, 3.8) is 0 Å². The zero-order chi connectivity index (χ0) is 25.3. The maximum atomic E-state index is 15.0. The first kappa shape index (κ1) is 24.5. The first-order valence-corrected chi connectivity index (χ1v) is 11.5.